The van der Waals surface area contributed by atoms with E-state index in [9.17, 15) is 27.6 Å². The van der Waals surface area contributed by atoms with Crippen molar-refractivity contribution in [2.45, 2.75) is 18.6 Å². The Kier molecular flexibility index (Phi) is 5.88. The van der Waals surface area contributed by atoms with Gasteiger partial charge >= 0.3 is 6.18 Å². The van der Waals surface area contributed by atoms with Crippen LogP contribution in [-0.2, 0) is 9.59 Å². The summed E-state index contributed by atoms with van der Waals surface area (Å²) in [5, 5.41) is 2.55. The van der Waals surface area contributed by atoms with Gasteiger partial charge in [-0.1, -0.05) is 23.7 Å². The van der Waals surface area contributed by atoms with Gasteiger partial charge in [0.25, 0.3) is 11.8 Å². The number of fused-ring (bicyclic) bond motifs is 1. The number of hydrogen-bond acceptors (Lipinski definition) is 4. The second kappa shape index (κ2) is 8.23. The molecule has 158 valence electrons. The van der Waals surface area contributed by atoms with Crippen molar-refractivity contribution in [2.75, 3.05) is 16.8 Å². The summed E-state index contributed by atoms with van der Waals surface area (Å²) < 4.78 is 46.3. The number of alkyl halides is 3. The SMILES string of the molecule is NC(=O)c1cc(Cl)ccc1OCC(=O)N1c2ccccc2NC(=O)CC1C(F)(F)F. The minimum absolute atomic E-state index is 0.0620. The number of benzene rings is 2. The van der Waals surface area contributed by atoms with Crippen molar-refractivity contribution in [3.05, 3.63) is 53.1 Å². The molecule has 11 heteroatoms. The molecular formula is C19H15ClF3N3O4. The second-order valence-corrected chi connectivity index (χ2v) is 6.82. The lowest BCUT2D eigenvalue weighted by atomic mass is 10.1. The fraction of sp³-hybridized carbons (Fsp3) is 0.211. The van der Waals surface area contributed by atoms with Gasteiger partial charge in [0.2, 0.25) is 5.91 Å². The van der Waals surface area contributed by atoms with E-state index in [-0.39, 0.29) is 27.7 Å². The maximum absolute atomic E-state index is 13.7. The molecule has 0 saturated carbocycles. The van der Waals surface area contributed by atoms with Crippen LogP contribution in [0.4, 0.5) is 24.5 Å². The van der Waals surface area contributed by atoms with Crippen molar-refractivity contribution in [2.24, 2.45) is 5.73 Å². The van der Waals surface area contributed by atoms with Gasteiger partial charge in [0.15, 0.2) is 6.61 Å². The largest absolute Gasteiger partial charge is 0.483 e. The summed E-state index contributed by atoms with van der Waals surface area (Å²) in [6.45, 7) is -0.836. The Labute approximate surface area is 173 Å². The number of halogens is 4. The zero-order chi connectivity index (χ0) is 22.1. The van der Waals surface area contributed by atoms with Gasteiger partial charge in [0, 0.05) is 5.02 Å². The molecular weight excluding hydrogens is 427 g/mol. The molecule has 2 aromatic rings. The number of carbonyl (C=O) groups excluding carboxylic acids is 3. The predicted octanol–water partition coefficient (Wildman–Crippen LogP) is 3.12. The highest BCUT2D eigenvalue weighted by Gasteiger charge is 2.49. The number of ether oxygens (including phenoxy) is 1. The van der Waals surface area contributed by atoms with Crippen molar-refractivity contribution in [3.63, 3.8) is 0 Å². The Balaban J connectivity index is 1.94. The van der Waals surface area contributed by atoms with Gasteiger partial charge in [-0.2, -0.15) is 13.2 Å². The molecule has 1 aliphatic rings. The van der Waals surface area contributed by atoms with Gasteiger partial charge in [-0.05, 0) is 30.3 Å². The van der Waals surface area contributed by atoms with Crippen LogP contribution in [0.15, 0.2) is 42.5 Å². The number of carbonyl (C=O) groups is 3. The summed E-state index contributed by atoms with van der Waals surface area (Å²) in [5.74, 6) is -2.94. The lowest BCUT2D eigenvalue weighted by molar-refractivity contribution is -0.158. The van der Waals surface area contributed by atoms with Gasteiger partial charge < -0.3 is 15.8 Å². The fourth-order valence-electron chi connectivity index (χ4n) is 3.03. The van der Waals surface area contributed by atoms with Crippen LogP contribution in [0.25, 0.3) is 0 Å². The molecule has 30 heavy (non-hydrogen) atoms. The highest BCUT2D eigenvalue weighted by Crippen LogP contribution is 2.37. The second-order valence-electron chi connectivity index (χ2n) is 6.38. The van der Waals surface area contributed by atoms with Gasteiger partial charge in [-0.15, -0.1) is 0 Å². The average Bonchev–Trinajstić information content (AvgIpc) is 2.82. The molecule has 0 saturated heterocycles. The number of nitrogens with one attached hydrogen (secondary N) is 1. The van der Waals surface area contributed by atoms with Crippen LogP contribution in [0.5, 0.6) is 5.75 Å². The number of nitrogens with two attached hydrogens (primary N) is 1. The van der Waals surface area contributed by atoms with Crippen LogP contribution in [0.2, 0.25) is 5.02 Å². The molecule has 1 unspecified atom stereocenters. The number of para-hydroxylation sites is 2. The number of rotatable bonds is 4. The Morgan fingerprint density at radius 1 is 1.23 bits per heavy atom. The first-order valence-corrected chi connectivity index (χ1v) is 8.95. The zero-order valence-electron chi connectivity index (χ0n) is 15.2. The number of amides is 3. The minimum Gasteiger partial charge on any atom is -0.483 e. The van der Waals surface area contributed by atoms with E-state index in [4.69, 9.17) is 22.1 Å². The van der Waals surface area contributed by atoms with E-state index in [0.29, 0.717) is 4.90 Å². The van der Waals surface area contributed by atoms with Crippen molar-refractivity contribution in [3.8, 4) is 5.75 Å². The monoisotopic (exact) mass is 441 g/mol. The molecule has 3 N–H and O–H groups in total. The maximum atomic E-state index is 13.7. The third-order valence-corrected chi connectivity index (χ3v) is 4.57. The van der Waals surface area contributed by atoms with E-state index in [1.165, 1.54) is 42.5 Å². The minimum atomic E-state index is -4.87. The van der Waals surface area contributed by atoms with E-state index >= 15 is 0 Å². The Morgan fingerprint density at radius 2 is 1.93 bits per heavy atom. The molecule has 0 bridgehead atoms. The zero-order valence-corrected chi connectivity index (χ0v) is 16.0. The van der Waals surface area contributed by atoms with Crippen molar-refractivity contribution >= 4 is 40.7 Å². The topological polar surface area (TPSA) is 102 Å². The van der Waals surface area contributed by atoms with Gasteiger partial charge in [0.1, 0.15) is 11.8 Å². The smallest absolute Gasteiger partial charge is 0.409 e. The standard InChI is InChI=1S/C19H15ClF3N3O4/c20-10-5-6-14(11(7-10)18(24)29)30-9-17(28)26-13-4-2-1-3-12(13)25-16(27)8-15(26)19(21,22)23/h1-7,15H,8-9H2,(H2,24,29)(H,25,27). The summed E-state index contributed by atoms with van der Waals surface area (Å²) in [7, 11) is 0. The van der Waals surface area contributed by atoms with E-state index in [0.717, 1.165) is 0 Å². The van der Waals surface area contributed by atoms with Crippen molar-refractivity contribution in [1.29, 1.82) is 0 Å². The maximum Gasteiger partial charge on any atom is 0.409 e. The summed E-state index contributed by atoms with van der Waals surface area (Å²) in [4.78, 5) is 36.8. The lowest BCUT2D eigenvalue weighted by Gasteiger charge is -2.31. The van der Waals surface area contributed by atoms with Crippen molar-refractivity contribution < 1.29 is 32.3 Å². The van der Waals surface area contributed by atoms with Gasteiger partial charge in [-0.25, -0.2) is 0 Å². The van der Waals surface area contributed by atoms with Crippen LogP contribution in [0.3, 0.4) is 0 Å². The first-order chi connectivity index (χ1) is 14.1. The highest BCUT2D eigenvalue weighted by molar-refractivity contribution is 6.31. The number of hydrogen-bond donors (Lipinski definition) is 2. The number of primary amides is 1. The molecule has 0 spiro atoms. The van der Waals surface area contributed by atoms with Gasteiger partial charge in [0.05, 0.1) is 23.4 Å². The first-order valence-electron chi connectivity index (χ1n) is 8.57. The number of nitrogens with zero attached hydrogens (tertiary/aromatic N) is 1. The van der Waals surface area contributed by atoms with E-state index in [1.54, 1.807) is 0 Å². The lowest BCUT2D eigenvalue weighted by Crippen LogP contribution is -2.51. The molecule has 0 radical (unpaired) electrons. The Hall–Kier alpha value is -3.27. The molecule has 0 aromatic heterocycles. The molecule has 7 nitrogen and oxygen atoms in total. The summed E-state index contributed by atoms with van der Waals surface area (Å²) in [5.41, 5.74) is 5.06. The van der Waals surface area contributed by atoms with Crippen molar-refractivity contribution in [1.82, 2.24) is 0 Å². The molecule has 1 aliphatic heterocycles. The molecule has 3 rings (SSSR count). The summed E-state index contributed by atoms with van der Waals surface area (Å²) in [6, 6.07) is 7.10. The third kappa shape index (κ3) is 4.48. The fourth-order valence-corrected chi connectivity index (χ4v) is 3.20. The normalized spacial score (nSPS) is 16.3. The average molecular weight is 442 g/mol. The molecule has 2 aromatic carbocycles. The summed E-state index contributed by atoms with van der Waals surface area (Å²) >= 11 is 5.80. The van der Waals surface area contributed by atoms with Gasteiger partial charge in [-0.3, -0.25) is 19.3 Å². The van der Waals surface area contributed by atoms with Crippen LogP contribution in [0, 0.1) is 0 Å². The third-order valence-electron chi connectivity index (χ3n) is 4.33. The quantitative estimate of drug-likeness (QED) is 0.761. The summed E-state index contributed by atoms with van der Waals surface area (Å²) in [6.07, 6.45) is -5.85. The predicted molar refractivity (Wildman–Crippen MR) is 102 cm³/mol. The van der Waals surface area contributed by atoms with Crippen LogP contribution >= 0.6 is 11.6 Å². The van der Waals surface area contributed by atoms with Crippen LogP contribution in [-0.4, -0.2) is 36.5 Å². The van der Waals surface area contributed by atoms with E-state index < -0.39 is 43.0 Å². The van der Waals surface area contributed by atoms with Crippen LogP contribution < -0.4 is 20.7 Å². The molecule has 1 atom stereocenters. The molecule has 1 heterocycles. The highest BCUT2D eigenvalue weighted by atomic mass is 35.5. The first kappa shape index (κ1) is 21.4. The Morgan fingerprint density at radius 3 is 2.60 bits per heavy atom. The van der Waals surface area contributed by atoms with E-state index in [2.05, 4.69) is 5.32 Å². The molecule has 0 aliphatic carbocycles. The van der Waals surface area contributed by atoms with Crippen LogP contribution in [0.1, 0.15) is 16.8 Å². The number of anilines is 2. The molecule has 0 fully saturated rings. The Bertz CT molecular complexity index is 1010. The van der Waals surface area contributed by atoms with E-state index in [1.807, 2.05) is 0 Å². The molecule has 3 amide bonds.